The van der Waals surface area contributed by atoms with Crippen LogP contribution in [0, 0.1) is 11.3 Å². The molecular formula is C19H26N4O. The van der Waals surface area contributed by atoms with Crippen LogP contribution in [0.15, 0.2) is 30.3 Å². The molecule has 3 rings (SSSR count). The van der Waals surface area contributed by atoms with E-state index >= 15 is 0 Å². The highest BCUT2D eigenvalue weighted by Gasteiger charge is 2.28. The number of nitrogens with one attached hydrogen (secondary N) is 1. The lowest BCUT2D eigenvalue weighted by atomic mass is 10.0. The highest BCUT2D eigenvalue weighted by molar-refractivity contribution is 5.79. The third kappa shape index (κ3) is 4.34. The third-order valence-corrected chi connectivity index (χ3v) is 5.10. The molecule has 2 fully saturated rings. The van der Waals surface area contributed by atoms with Crippen molar-refractivity contribution in [3.63, 3.8) is 0 Å². The Labute approximate surface area is 144 Å². The molecule has 0 aromatic heterocycles. The number of rotatable bonds is 5. The Balaban J connectivity index is 1.38. The van der Waals surface area contributed by atoms with Crippen LogP contribution in [0.5, 0.6) is 0 Å². The Hall–Kier alpha value is -1.90. The second-order valence-corrected chi connectivity index (χ2v) is 6.79. The number of carbonyl (C=O) groups is 1. The molecule has 24 heavy (non-hydrogen) atoms. The molecule has 2 saturated heterocycles. The predicted octanol–water partition coefficient (Wildman–Crippen LogP) is 1.76. The van der Waals surface area contributed by atoms with Crippen LogP contribution in [0.25, 0.3) is 0 Å². The van der Waals surface area contributed by atoms with Crippen LogP contribution in [-0.2, 0) is 11.3 Å². The van der Waals surface area contributed by atoms with Crippen molar-refractivity contribution >= 4 is 5.91 Å². The normalized spacial score (nSPS) is 22.5. The van der Waals surface area contributed by atoms with Crippen molar-refractivity contribution in [1.29, 1.82) is 5.26 Å². The summed E-state index contributed by atoms with van der Waals surface area (Å²) in [5.41, 5.74) is 1.36. The maximum absolute atomic E-state index is 12.3. The molecule has 0 bridgehead atoms. The second-order valence-electron chi connectivity index (χ2n) is 6.79. The summed E-state index contributed by atoms with van der Waals surface area (Å²) in [6.07, 6.45) is 3.91. The molecule has 0 aliphatic carbocycles. The zero-order valence-corrected chi connectivity index (χ0v) is 14.2. The van der Waals surface area contributed by atoms with Crippen LogP contribution in [0.3, 0.4) is 0 Å². The first kappa shape index (κ1) is 16.9. The summed E-state index contributed by atoms with van der Waals surface area (Å²) in [4.78, 5) is 16.5. The van der Waals surface area contributed by atoms with Crippen LogP contribution in [0.1, 0.15) is 31.2 Å². The topological polar surface area (TPSA) is 59.4 Å². The van der Waals surface area contributed by atoms with E-state index in [1.807, 2.05) is 6.07 Å². The molecule has 2 heterocycles. The van der Waals surface area contributed by atoms with E-state index < -0.39 is 0 Å². The average Bonchev–Trinajstić information content (AvgIpc) is 3.10. The van der Waals surface area contributed by atoms with Crippen molar-refractivity contribution < 1.29 is 4.79 Å². The fourth-order valence-corrected chi connectivity index (χ4v) is 3.67. The average molecular weight is 326 g/mol. The summed E-state index contributed by atoms with van der Waals surface area (Å²) in [5, 5.41) is 12.5. The number of carbonyl (C=O) groups excluding carboxylic acids is 1. The van der Waals surface area contributed by atoms with Crippen molar-refractivity contribution in [2.45, 2.75) is 44.3 Å². The minimum atomic E-state index is -0.216. The second kappa shape index (κ2) is 8.27. The third-order valence-electron chi connectivity index (χ3n) is 5.10. The molecule has 2 aliphatic heterocycles. The van der Waals surface area contributed by atoms with Crippen molar-refractivity contribution in [3.8, 4) is 6.07 Å². The maximum atomic E-state index is 12.3. The standard InChI is InChI=1S/C19H26N4O/c20-13-18-7-4-10-23(18)19(24)14-21-17-8-11-22(12-9-17)15-16-5-2-1-3-6-16/h1-3,5-6,17-18,21H,4,7-12,14-15H2/t18-/m0/s1. The van der Waals surface area contributed by atoms with Gasteiger partial charge in [-0.25, -0.2) is 0 Å². The van der Waals surface area contributed by atoms with Gasteiger partial charge in [0.2, 0.25) is 5.91 Å². The molecule has 0 saturated carbocycles. The monoisotopic (exact) mass is 326 g/mol. The number of amides is 1. The van der Waals surface area contributed by atoms with Gasteiger partial charge in [0, 0.05) is 19.1 Å². The number of hydrogen-bond acceptors (Lipinski definition) is 4. The van der Waals surface area contributed by atoms with Gasteiger partial charge in [-0.05, 0) is 44.3 Å². The van der Waals surface area contributed by atoms with E-state index in [4.69, 9.17) is 5.26 Å². The van der Waals surface area contributed by atoms with Crippen molar-refractivity contribution in [1.82, 2.24) is 15.1 Å². The van der Waals surface area contributed by atoms with E-state index in [2.05, 4.69) is 40.6 Å². The van der Waals surface area contributed by atoms with Gasteiger partial charge in [-0.3, -0.25) is 9.69 Å². The van der Waals surface area contributed by atoms with Crippen LogP contribution in [0.4, 0.5) is 0 Å². The highest BCUT2D eigenvalue weighted by atomic mass is 16.2. The van der Waals surface area contributed by atoms with Gasteiger partial charge in [0.1, 0.15) is 6.04 Å². The number of likely N-dealkylation sites (tertiary alicyclic amines) is 2. The molecule has 1 aromatic carbocycles. The lowest BCUT2D eigenvalue weighted by molar-refractivity contribution is -0.130. The van der Waals surface area contributed by atoms with Crippen LogP contribution in [0.2, 0.25) is 0 Å². The highest BCUT2D eigenvalue weighted by Crippen LogP contribution is 2.17. The molecule has 1 atom stereocenters. The minimum Gasteiger partial charge on any atom is -0.326 e. The summed E-state index contributed by atoms with van der Waals surface area (Å²) in [5.74, 6) is 0.0748. The van der Waals surface area contributed by atoms with Gasteiger partial charge in [0.05, 0.1) is 12.6 Å². The number of benzene rings is 1. The van der Waals surface area contributed by atoms with Crippen LogP contribution < -0.4 is 5.32 Å². The number of hydrogen-bond donors (Lipinski definition) is 1. The lowest BCUT2D eigenvalue weighted by Crippen LogP contribution is -2.47. The molecule has 5 heteroatoms. The predicted molar refractivity (Wildman–Crippen MR) is 93.1 cm³/mol. The fraction of sp³-hybridized carbons (Fsp3) is 0.579. The number of piperidine rings is 1. The van der Waals surface area contributed by atoms with E-state index in [-0.39, 0.29) is 11.9 Å². The Morgan fingerprint density at radius 1 is 1.17 bits per heavy atom. The number of nitriles is 1. The lowest BCUT2D eigenvalue weighted by Gasteiger charge is -2.32. The van der Waals surface area contributed by atoms with E-state index in [0.717, 1.165) is 51.9 Å². The van der Waals surface area contributed by atoms with E-state index in [9.17, 15) is 4.79 Å². The van der Waals surface area contributed by atoms with Gasteiger partial charge in [-0.15, -0.1) is 0 Å². The zero-order chi connectivity index (χ0) is 16.8. The molecule has 1 amide bonds. The van der Waals surface area contributed by atoms with Gasteiger partial charge in [0.15, 0.2) is 0 Å². The van der Waals surface area contributed by atoms with Gasteiger partial charge < -0.3 is 10.2 Å². The summed E-state index contributed by atoms with van der Waals surface area (Å²) in [7, 11) is 0. The van der Waals surface area contributed by atoms with E-state index in [1.165, 1.54) is 5.56 Å². The SMILES string of the molecule is N#C[C@@H]1CCCN1C(=O)CNC1CCN(Cc2ccccc2)CC1. The largest absolute Gasteiger partial charge is 0.326 e. The molecular weight excluding hydrogens is 300 g/mol. The van der Waals surface area contributed by atoms with Crippen molar-refractivity contribution in [2.75, 3.05) is 26.2 Å². The van der Waals surface area contributed by atoms with Crippen LogP contribution >= 0.6 is 0 Å². The molecule has 2 aliphatic rings. The molecule has 1 N–H and O–H groups in total. The Morgan fingerprint density at radius 2 is 1.92 bits per heavy atom. The maximum Gasteiger partial charge on any atom is 0.237 e. The summed E-state index contributed by atoms with van der Waals surface area (Å²) >= 11 is 0. The van der Waals surface area contributed by atoms with Gasteiger partial charge >= 0.3 is 0 Å². The zero-order valence-electron chi connectivity index (χ0n) is 14.2. The number of nitrogens with zero attached hydrogens (tertiary/aromatic N) is 3. The van der Waals surface area contributed by atoms with Gasteiger partial charge in [-0.2, -0.15) is 5.26 Å². The fourth-order valence-electron chi connectivity index (χ4n) is 3.67. The van der Waals surface area contributed by atoms with E-state index in [0.29, 0.717) is 12.6 Å². The summed E-state index contributed by atoms with van der Waals surface area (Å²) in [6.45, 7) is 4.22. The molecule has 0 spiro atoms. The summed E-state index contributed by atoms with van der Waals surface area (Å²) in [6, 6.07) is 13.0. The molecule has 128 valence electrons. The minimum absolute atomic E-state index is 0.0748. The molecule has 0 unspecified atom stereocenters. The van der Waals surface area contributed by atoms with Crippen molar-refractivity contribution in [3.05, 3.63) is 35.9 Å². The molecule has 0 radical (unpaired) electrons. The molecule has 1 aromatic rings. The quantitative estimate of drug-likeness (QED) is 0.896. The first-order chi connectivity index (χ1) is 11.8. The Bertz CT molecular complexity index is 575. The summed E-state index contributed by atoms with van der Waals surface area (Å²) < 4.78 is 0. The smallest absolute Gasteiger partial charge is 0.237 e. The van der Waals surface area contributed by atoms with Crippen LogP contribution in [-0.4, -0.2) is 54.0 Å². The van der Waals surface area contributed by atoms with Gasteiger partial charge in [-0.1, -0.05) is 30.3 Å². The van der Waals surface area contributed by atoms with Crippen molar-refractivity contribution in [2.24, 2.45) is 0 Å². The Morgan fingerprint density at radius 3 is 2.62 bits per heavy atom. The van der Waals surface area contributed by atoms with Gasteiger partial charge in [0.25, 0.3) is 0 Å². The Kier molecular flexibility index (Phi) is 5.84. The molecule has 5 nitrogen and oxygen atoms in total. The van der Waals surface area contributed by atoms with E-state index in [1.54, 1.807) is 4.90 Å². The first-order valence-corrected chi connectivity index (χ1v) is 8.95. The first-order valence-electron chi connectivity index (χ1n) is 8.95.